The summed E-state index contributed by atoms with van der Waals surface area (Å²) < 4.78 is 5.17. The molecule has 1 aliphatic carbocycles. The second kappa shape index (κ2) is 5.17. The lowest BCUT2D eigenvalue weighted by Crippen LogP contribution is -2.45. The summed E-state index contributed by atoms with van der Waals surface area (Å²) in [5.41, 5.74) is 5.40. The number of carbonyl (C=O) groups is 1. The quantitative estimate of drug-likeness (QED) is 0.929. The number of carbonyl (C=O) groups excluding carboxylic acids is 1. The minimum Gasteiger partial charge on any atom is -0.497 e. The van der Waals surface area contributed by atoms with E-state index in [1.165, 1.54) is 0 Å². The average molecular weight is 286 g/mol. The lowest BCUT2D eigenvalue weighted by Gasteiger charge is -2.36. The summed E-state index contributed by atoms with van der Waals surface area (Å²) in [6.45, 7) is 4.31. The summed E-state index contributed by atoms with van der Waals surface area (Å²) in [6, 6.07) is 8.13. The van der Waals surface area contributed by atoms with E-state index in [1.807, 2.05) is 24.3 Å². The minimum atomic E-state index is -0.0415. The standard InChI is InChI=1S/C17H22N2O2/c1-17(2)9-14-16(15(20)10-17)13(18-19-14)8-11-4-6-12(21-3)7-5-11/h4-7,14,16,19H,8-10H2,1-3H3/t14-,16+/m0/s1. The van der Waals surface area contributed by atoms with Gasteiger partial charge in [0.1, 0.15) is 11.5 Å². The molecular weight excluding hydrogens is 264 g/mol. The molecule has 1 aromatic rings. The highest BCUT2D eigenvalue weighted by molar-refractivity contribution is 6.08. The minimum absolute atomic E-state index is 0.0415. The first-order valence-electron chi connectivity index (χ1n) is 7.46. The van der Waals surface area contributed by atoms with Gasteiger partial charge in [0.15, 0.2) is 0 Å². The lowest BCUT2D eigenvalue weighted by molar-refractivity contribution is -0.126. The predicted octanol–water partition coefficient (Wildman–Crippen LogP) is 2.57. The number of hydrazone groups is 1. The number of nitrogens with one attached hydrogen (secondary N) is 1. The van der Waals surface area contributed by atoms with E-state index in [-0.39, 0.29) is 17.4 Å². The largest absolute Gasteiger partial charge is 0.497 e. The molecule has 1 N–H and O–H groups in total. The van der Waals surface area contributed by atoms with Crippen molar-refractivity contribution in [1.29, 1.82) is 0 Å². The van der Waals surface area contributed by atoms with Gasteiger partial charge in [-0.25, -0.2) is 0 Å². The van der Waals surface area contributed by atoms with Crippen molar-refractivity contribution in [3.05, 3.63) is 29.8 Å². The van der Waals surface area contributed by atoms with E-state index in [4.69, 9.17) is 4.74 Å². The number of hydrogen-bond acceptors (Lipinski definition) is 4. The molecule has 0 unspecified atom stereocenters. The van der Waals surface area contributed by atoms with Crippen LogP contribution >= 0.6 is 0 Å². The van der Waals surface area contributed by atoms with Gasteiger partial charge >= 0.3 is 0 Å². The van der Waals surface area contributed by atoms with Crippen LogP contribution in [0.2, 0.25) is 0 Å². The van der Waals surface area contributed by atoms with Crippen molar-refractivity contribution in [2.24, 2.45) is 16.4 Å². The summed E-state index contributed by atoms with van der Waals surface area (Å²) >= 11 is 0. The number of ether oxygens (including phenoxy) is 1. The zero-order chi connectivity index (χ0) is 15.0. The van der Waals surface area contributed by atoms with Crippen molar-refractivity contribution >= 4 is 11.5 Å². The summed E-state index contributed by atoms with van der Waals surface area (Å²) in [6.07, 6.45) is 2.38. The molecule has 1 aliphatic heterocycles. The van der Waals surface area contributed by atoms with Gasteiger partial charge in [-0.2, -0.15) is 5.10 Å². The molecule has 112 valence electrons. The van der Waals surface area contributed by atoms with E-state index in [0.29, 0.717) is 12.2 Å². The Morgan fingerprint density at radius 1 is 1.33 bits per heavy atom. The normalized spacial score (nSPS) is 26.8. The Morgan fingerprint density at radius 3 is 2.71 bits per heavy atom. The topological polar surface area (TPSA) is 50.7 Å². The van der Waals surface area contributed by atoms with E-state index < -0.39 is 0 Å². The van der Waals surface area contributed by atoms with Gasteiger partial charge in [0, 0.05) is 12.8 Å². The molecule has 0 amide bonds. The first-order chi connectivity index (χ1) is 9.98. The highest BCUT2D eigenvalue weighted by atomic mass is 16.5. The van der Waals surface area contributed by atoms with E-state index in [2.05, 4.69) is 24.4 Å². The Balaban J connectivity index is 1.73. The van der Waals surface area contributed by atoms with Gasteiger partial charge in [0.2, 0.25) is 0 Å². The molecule has 1 fully saturated rings. The molecule has 0 saturated heterocycles. The molecular formula is C17H22N2O2. The molecule has 1 saturated carbocycles. The number of methoxy groups -OCH3 is 1. The van der Waals surface area contributed by atoms with Crippen molar-refractivity contribution in [3.63, 3.8) is 0 Å². The SMILES string of the molecule is COc1ccc(CC2=NN[C@H]3CC(C)(C)CC(=O)[C@H]23)cc1. The van der Waals surface area contributed by atoms with Crippen LogP contribution in [0.25, 0.3) is 0 Å². The van der Waals surface area contributed by atoms with Gasteiger partial charge in [-0.05, 0) is 29.5 Å². The van der Waals surface area contributed by atoms with Crippen LogP contribution in [-0.4, -0.2) is 24.6 Å². The molecule has 2 atom stereocenters. The van der Waals surface area contributed by atoms with Crippen LogP contribution in [0.1, 0.15) is 32.3 Å². The van der Waals surface area contributed by atoms with E-state index in [1.54, 1.807) is 7.11 Å². The first kappa shape index (κ1) is 14.1. The number of ketones is 1. The lowest BCUT2D eigenvalue weighted by atomic mass is 9.68. The Labute approximate surface area is 125 Å². The summed E-state index contributed by atoms with van der Waals surface area (Å²) in [5, 5.41) is 4.45. The van der Waals surface area contributed by atoms with Gasteiger partial charge < -0.3 is 10.2 Å². The number of fused-ring (bicyclic) bond motifs is 1. The summed E-state index contributed by atoms with van der Waals surface area (Å²) in [5.74, 6) is 1.13. The molecule has 1 aromatic carbocycles. The highest BCUT2D eigenvalue weighted by Crippen LogP contribution is 2.39. The highest BCUT2D eigenvalue weighted by Gasteiger charge is 2.45. The molecule has 0 aromatic heterocycles. The first-order valence-corrected chi connectivity index (χ1v) is 7.46. The number of nitrogens with zero attached hydrogens (tertiary/aromatic N) is 1. The number of benzene rings is 1. The van der Waals surface area contributed by atoms with E-state index in [0.717, 1.165) is 29.9 Å². The fourth-order valence-corrected chi connectivity index (χ4v) is 3.47. The van der Waals surface area contributed by atoms with Gasteiger partial charge in [0.05, 0.1) is 24.8 Å². The molecule has 4 nitrogen and oxygen atoms in total. The maximum Gasteiger partial charge on any atom is 0.144 e. The molecule has 2 aliphatic rings. The van der Waals surface area contributed by atoms with Crippen LogP contribution in [0.15, 0.2) is 29.4 Å². The Morgan fingerprint density at radius 2 is 2.05 bits per heavy atom. The predicted molar refractivity (Wildman–Crippen MR) is 82.6 cm³/mol. The van der Waals surface area contributed by atoms with Crippen LogP contribution in [0.5, 0.6) is 5.75 Å². The van der Waals surface area contributed by atoms with Gasteiger partial charge in [-0.3, -0.25) is 4.79 Å². The zero-order valence-electron chi connectivity index (χ0n) is 12.8. The maximum atomic E-state index is 12.5. The second-order valence-corrected chi connectivity index (χ2v) is 6.85. The summed E-state index contributed by atoms with van der Waals surface area (Å²) in [4.78, 5) is 12.5. The molecule has 1 heterocycles. The number of hydrogen-bond donors (Lipinski definition) is 1. The molecule has 4 heteroatoms. The van der Waals surface area contributed by atoms with Crippen molar-refractivity contribution in [2.75, 3.05) is 7.11 Å². The zero-order valence-corrected chi connectivity index (χ0v) is 12.8. The van der Waals surface area contributed by atoms with E-state index >= 15 is 0 Å². The van der Waals surface area contributed by atoms with Crippen LogP contribution in [0.4, 0.5) is 0 Å². The van der Waals surface area contributed by atoms with Crippen LogP contribution in [0, 0.1) is 11.3 Å². The van der Waals surface area contributed by atoms with Gasteiger partial charge in [0.25, 0.3) is 0 Å². The van der Waals surface area contributed by atoms with Crippen LogP contribution in [-0.2, 0) is 11.2 Å². The van der Waals surface area contributed by atoms with Crippen molar-refractivity contribution < 1.29 is 9.53 Å². The van der Waals surface area contributed by atoms with Crippen molar-refractivity contribution in [2.45, 2.75) is 39.2 Å². The van der Waals surface area contributed by atoms with Gasteiger partial charge in [-0.15, -0.1) is 0 Å². The Hall–Kier alpha value is -1.84. The Kier molecular flexibility index (Phi) is 3.47. The maximum absolute atomic E-state index is 12.5. The fourth-order valence-electron chi connectivity index (χ4n) is 3.47. The van der Waals surface area contributed by atoms with Gasteiger partial charge in [-0.1, -0.05) is 26.0 Å². The van der Waals surface area contributed by atoms with Crippen molar-refractivity contribution in [1.82, 2.24) is 5.43 Å². The summed E-state index contributed by atoms with van der Waals surface area (Å²) in [7, 11) is 1.66. The average Bonchev–Trinajstić information content (AvgIpc) is 2.81. The van der Waals surface area contributed by atoms with Crippen LogP contribution in [0.3, 0.4) is 0 Å². The van der Waals surface area contributed by atoms with Crippen LogP contribution < -0.4 is 10.2 Å². The van der Waals surface area contributed by atoms with E-state index in [9.17, 15) is 4.79 Å². The fraction of sp³-hybridized carbons (Fsp3) is 0.529. The third-order valence-electron chi connectivity index (χ3n) is 4.45. The molecule has 21 heavy (non-hydrogen) atoms. The monoisotopic (exact) mass is 286 g/mol. The Bertz CT molecular complexity index is 575. The number of Topliss-reactive ketones (excluding diaryl/α,β-unsaturated/α-hetero) is 1. The second-order valence-electron chi connectivity index (χ2n) is 6.85. The molecule has 0 bridgehead atoms. The smallest absolute Gasteiger partial charge is 0.144 e. The molecule has 0 radical (unpaired) electrons. The third kappa shape index (κ3) is 2.80. The third-order valence-corrected chi connectivity index (χ3v) is 4.45. The number of rotatable bonds is 3. The molecule has 0 spiro atoms. The molecule has 3 rings (SSSR count). The van der Waals surface area contributed by atoms with Crippen molar-refractivity contribution in [3.8, 4) is 5.75 Å².